The summed E-state index contributed by atoms with van der Waals surface area (Å²) in [5.41, 5.74) is -0.0130. The molecule has 0 aliphatic carbocycles. The smallest absolute Gasteiger partial charge is 0.427 e. The molecule has 2 aromatic rings. The summed E-state index contributed by atoms with van der Waals surface area (Å²) < 4.78 is 62.8. The Hall–Kier alpha value is -2.21. The highest BCUT2D eigenvalue weighted by atomic mass is 32.2. The van der Waals surface area contributed by atoms with Crippen LogP contribution in [0.2, 0.25) is 0 Å². The molecule has 118 valence electrons. The quantitative estimate of drug-likeness (QED) is 0.906. The topological polar surface area (TPSA) is 100 Å². The van der Waals surface area contributed by atoms with Crippen LogP contribution >= 0.6 is 11.3 Å². The summed E-state index contributed by atoms with van der Waals surface area (Å²) in [4.78, 5) is 17.9. The van der Waals surface area contributed by atoms with Crippen LogP contribution in [0.25, 0.3) is 0 Å². The number of rotatable bonds is 4. The van der Waals surface area contributed by atoms with Gasteiger partial charge in [0.15, 0.2) is 10.8 Å². The van der Waals surface area contributed by atoms with Gasteiger partial charge in [0.1, 0.15) is 5.82 Å². The Bertz CT molecular complexity index is 796. The predicted molar refractivity (Wildman–Crippen MR) is 69.0 cm³/mol. The van der Waals surface area contributed by atoms with E-state index >= 15 is 0 Å². The van der Waals surface area contributed by atoms with E-state index in [-0.39, 0.29) is 16.6 Å². The second-order valence-corrected chi connectivity index (χ2v) is 6.20. The Morgan fingerprint density at radius 2 is 2.05 bits per heavy atom. The van der Waals surface area contributed by atoms with Crippen LogP contribution in [0.1, 0.15) is 12.0 Å². The minimum atomic E-state index is -4.83. The van der Waals surface area contributed by atoms with Gasteiger partial charge in [-0.3, -0.25) is 0 Å². The molecule has 7 nitrogen and oxygen atoms in total. The second-order valence-electron chi connectivity index (χ2n) is 3.74. The van der Waals surface area contributed by atoms with Crippen LogP contribution in [0.3, 0.4) is 0 Å². The van der Waals surface area contributed by atoms with E-state index in [9.17, 15) is 26.4 Å². The molecular weight excluding hydrogens is 347 g/mol. The van der Waals surface area contributed by atoms with E-state index in [0.29, 0.717) is 0 Å². The Morgan fingerprint density at radius 1 is 1.36 bits per heavy atom. The van der Waals surface area contributed by atoms with Gasteiger partial charge >= 0.3 is 6.09 Å². The molecule has 22 heavy (non-hydrogen) atoms. The third-order valence-corrected chi connectivity index (χ3v) is 4.55. The molecule has 2 heterocycles. The molecule has 1 N–H and O–H groups in total. The standard InChI is InChI=1S/C10H6F3N3O4S2/c11-6-2-14-8(1-5(6)9(12)13)22(19,20)16(10(17)18)7-3-21-4-15-7/h1-4,9H,(H,17,18). The second kappa shape index (κ2) is 5.88. The maximum atomic E-state index is 13.2. The van der Waals surface area contributed by atoms with E-state index in [2.05, 4.69) is 9.97 Å². The molecule has 0 unspecified atom stereocenters. The van der Waals surface area contributed by atoms with E-state index in [1.807, 2.05) is 0 Å². The fourth-order valence-electron chi connectivity index (χ4n) is 1.47. The summed E-state index contributed by atoms with van der Waals surface area (Å²) in [5.74, 6) is -1.84. The number of sulfonamides is 1. The summed E-state index contributed by atoms with van der Waals surface area (Å²) in [7, 11) is -4.83. The van der Waals surface area contributed by atoms with Gasteiger partial charge in [-0.2, -0.15) is 8.42 Å². The first kappa shape index (κ1) is 16.2. The normalized spacial score (nSPS) is 11.6. The van der Waals surface area contributed by atoms with Crippen molar-refractivity contribution in [1.29, 1.82) is 0 Å². The number of pyridine rings is 1. The fraction of sp³-hybridized carbons (Fsp3) is 0.100. The van der Waals surface area contributed by atoms with Crippen LogP contribution in [-0.2, 0) is 10.0 Å². The molecule has 0 bridgehead atoms. The summed E-state index contributed by atoms with van der Waals surface area (Å²) >= 11 is 0.926. The highest BCUT2D eigenvalue weighted by Gasteiger charge is 2.34. The van der Waals surface area contributed by atoms with Crippen LogP contribution < -0.4 is 4.31 Å². The number of thiazole rings is 1. The number of aromatic nitrogens is 2. The number of alkyl halides is 2. The number of carboxylic acid groups (broad SMARTS) is 1. The van der Waals surface area contributed by atoms with E-state index < -0.39 is 44.8 Å². The van der Waals surface area contributed by atoms with Gasteiger partial charge in [0.05, 0.1) is 17.3 Å². The van der Waals surface area contributed by atoms with Crippen LogP contribution in [-0.4, -0.2) is 29.6 Å². The van der Waals surface area contributed by atoms with E-state index in [1.54, 1.807) is 0 Å². The molecule has 0 radical (unpaired) electrons. The first-order chi connectivity index (χ1) is 10.2. The monoisotopic (exact) mass is 353 g/mol. The van der Waals surface area contributed by atoms with Crippen molar-refractivity contribution in [2.45, 2.75) is 11.5 Å². The van der Waals surface area contributed by atoms with Gasteiger partial charge in [0.25, 0.3) is 16.4 Å². The van der Waals surface area contributed by atoms with Crippen molar-refractivity contribution in [2.75, 3.05) is 4.31 Å². The zero-order valence-electron chi connectivity index (χ0n) is 10.4. The molecule has 0 aliphatic heterocycles. The summed E-state index contributed by atoms with van der Waals surface area (Å²) in [6.07, 6.45) is -4.90. The largest absolute Gasteiger partial charge is 0.464 e. The van der Waals surface area contributed by atoms with Gasteiger partial charge in [0.2, 0.25) is 0 Å². The lowest BCUT2D eigenvalue weighted by Crippen LogP contribution is -2.36. The molecule has 0 atom stereocenters. The van der Waals surface area contributed by atoms with E-state index in [1.165, 1.54) is 5.51 Å². The maximum absolute atomic E-state index is 13.2. The van der Waals surface area contributed by atoms with Crippen LogP contribution in [0.5, 0.6) is 0 Å². The first-order valence-corrected chi connectivity index (χ1v) is 7.73. The Morgan fingerprint density at radius 3 is 2.55 bits per heavy atom. The molecule has 0 saturated heterocycles. The highest BCUT2D eigenvalue weighted by Crippen LogP contribution is 2.27. The lowest BCUT2D eigenvalue weighted by Gasteiger charge is -2.16. The van der Waals surface area contributed by atoms with Crippen LogP contribution in [0, 0.1) is 5.82 Å². The van der Waals surface area contributed by atoms with Crippen molar-refractivity contribution in [2.24, 2.45) is 0 Å². The van der Waals surface area contributed by atoms with Crippen LogP contribution in [0.4, 0.5) is 23.8 Å². The van der Waals surface area contributed by atoms with E-state index in [4.69, 9.17) is 5.11 Å². The van der Waals surface area contributed by atoms with Crippen molar-refractivity contribution < 1.29 is 31.5 Å². The molecule has 2 rings (SSSR count). The highest BCUT2D eigenvalue weighted by molar-refractivity contribution is 7.93. The van der Waals surface area contributed by atoms with Crippen molar-refractivity contribution >= 4 is 33.3 Å². The van der Waals surface area contributed by atoms with Gasteiger partial charge in [-0.25, -0.2) is 27.9 Å². The molecule has 0 saturated carbocycles. The number of hydrogen-bond donors (Lipinski definition) is 1. The van der Waals surface area contributed by atoms with Gasteiger partial charge in [0, 0.05) is 5.38 Å². The molecule has 1 amide bonds. The van der Waals surface area contributed by atoms with Crippen molar-refractivity contribution in [3.8, 4) is 0 Å². The fourth-order valence-corrected chi connectivity index (χ4v) is 3.25. The van der Waals surface area contributed by atoms with Crippen LogP contribution in [0.15, 0.2) is 28.2 Å². The third-order valence-electron chi connectivity index (χ3n) is 2.40. The summed E-state index contributed by atoms with van der Waals surface area (Å²) in [6.45, 7) is 0. The number of nitrogens with zero attached hydrogens (tertiary/aromatic N) is 3. The minimum absolute atomic E-state index is 0.126. The van der Waals surface area contributed by atoms with Crippen molar-refractivity contribution in [1.82, 2.24) is 9.97 Å². The molecule has 12 heteroatoms. The average molecular weight is 353 g/mol. The molecule has 2 aromatic heterocycles. The lowest BCUT2D eigenvalue weighted by molar-refractivity contribution is 0.145. The van der Waals surface area contributed by atoms with Gasteiger partial charge in [-0.05, 0) is 6.07 Å². The zero-order chi connectivity index (χ0) is 16.5. The number of hydrogen-bond acceptors (Lipinski definition) is 6. The molecule has 0 aromatic carbocycles. The number of carbonyl (C=O) groups is 1. The van der Waals surface area contributed by atoms with E-state index in [0.717, 1.165) is 16.7 Å². The average Bonchev–Trinajstić information content (AvgIpc) is 2.91. The van der Waals surface area contributed by atoms with Gasteiger partial charge in [-0.15, -0.1) is 15.6 Å². The number of amides is 1. The Kier molecular flexibility index (Phi) is 4.32. The SMILES string of the molecule is O=C(O)N(c1cscn1)S(=O)(=O)c1cc(C(F)F)c(F)cn1. The minimum Gasteiger partial charge on any atom is -0.464 e. The molecular formula is C10H6F3N3O4S2. The third kappa shape index (κ3) is 2.87. The zero-order valence-corrected chi connectivity index (χ0v) is 12.0. The Labute approximate surface area is 125 Å². The lowest BCUT2D eigenvalue weighted by atomic mass is 10.3. The summed E-state index contributed by atoms with van der Waals surface area (Å²) in [5, 5.41) is 9.14. The predicted octanol–water partition coefficient (Wildman–Crippen LogP) is 2.49. The molecule has 0 aliphatic rings. The number of anilines is 1. The van der Waals surface area contributed by atoms with Gasteiger partial charge < -0.3 is 5.11 Å². The molecule has 0 spiro atoms. The van der Waals surface area contributed by atoms with Crippen molar-refractivity contribution in [3.63, 3.8) is 0 Å². The maximum Gasteiger partial charge on any atom is 0.427 e. The van der Waals surface area contributed by atoms with Crippen molar-refractivity contribution in [3.05, 3.63) is 34.5 Å². The van der Waals surface area contributed by atoms with Gasteiger partial charge in [-0.1, -0.05) is 0 Å². The summed E-state index contributed by atoms with van der Waals surface area (Å²) in [6, 6.07) is 0.289. The Balaban J connectivity index is 2.58. The first-order valence-electron chi connectivity index (χ1n) is 5.35. The number of halogens is 3. The molecule has 0 fully saturated rings.